The molecule has 82 valence electrons. The van der Waals surface area contributed by atoms with E-state index in [1.807, 2.05) is 18.2 Å². The van der Waals surface area contributed by atoms with Gasteiger partial charge in [-0.3, -0.25) is 4.79 Å². The normalized spacial score (nSPS) is 11.9. The van der Waals surface area contributed by atoms with Crippen LogP contribution in [0.15, 0.2) is 24.3 Å². The van der Waals surface area contributed by atoms with E-state index in [-0.39, 0.29) is 12.5 Å². The first-order valence-electron chi connectivity index (χ1n) is 4.70. The number of carbonyl (C=O) groups excluding carboxylic acids is 1. The fourth-order valence-corrected chi connectivity index (χ4v) is 1.42. The summed E-state index contributed by atoms with van der Waals surface area (Å²) in [4.78, 5) is 10.9. The minimum atomic E-state index is -0.418. The van der Waals surface area contributed by atoms with Crippen molar-refractivity contribution in [3.8, 4) is 5.75 Å². The summed E-state index contributed by atoms with van der Waals surface area (Å²) < 4.78 is 5.15. The summed E-state index contributed by atoms with van der Waals surface area (Å²) in [5, 5.41) is 11.8. The molecule has 0 aromatic heterocycles. The van der Waals surface area contributed by atoms with Crippen LogP contribution in [0.25, 0.3) is 0 Å². The Bertz CT molecular complexity index is 338. The molecule has 0 heterocycles. The number of amides is 1. The Morgan fingerprint density at radius 2 is 2.20 bits per heavy atom. The second kappa shape index (κ2) is 5.36. The first-order valence-corrected chi connectivity index (χ1v) is 4.70. The lowest BCUT2D eigenvalue weighted by molar-refractivity contribution is -0.120. The second-order valence-electron chi connectivity index (χ2n) is 3.18. The van der Waals surface area contributed by atoms with Crippen molar-refractivity contribution in [2.75, 3.05) is 13.7 Å². The van der Waals surface area contributed by atoms with Crippen LogP contribution in [0.2, 0.25) is 0 Å². The van der Waals surface area contributed by atoms with Crippen molar-refractivity contribution in [3.05, 3.63) is 29.8 Å². The van der Waals surface area contributed by atoms with Crippen LogP contribution in [0.3, 0.4) is 0 Å². The van der Waals surface area contributed by atoms with E-state index in [4.69, 9.17) is 4.74 Å². The van der Waals surface area contributed by atoms with Crippen molar-refractivity contribution >= 4 is 5.91 Å². The maximum atomic E-state index is 10.9. The Morgan fingerprint density at radius 1 is 1.53 bits per heavy atom. The number of carbonyl (C=O) groups is 1. The zero-order chi connectivity index (χ0) is 11.3. The summed E-state index contributed by atoms with van der Waals surface area (Å²) in [5.41, 5.74) is 0.776. The third-order valence-electron chi connectivity index (χ3n) is 2.07. The highest BCUT2D eigenvalue weighted by Gasteiger charge is 2.15. The first kappa shape index (κ1) is 11.5. The van der Waals surface area contributed by atoms with Gasteiger partial charge in [-0.25, -0.2) is 0 Å². The maximum absolute atomic E-state index is 10.9. The quantitative estimate of drug-likeness (QED) is 0.773. The number of hydrogen-bond donors (Lipinski definition) is 2. The molecule has 0 aliphatic rings. The summed E-state index contributed by atoms with van der Waals surface area (Å²) in [5.74, 6) is 0.477. The van der Waals surface area contributed by atoms with E-state index in [0.717, 1.165) is 5.56 Å². The molecule has 0 aliphatic heterocycles. The Balaban J connectivity index is 2.95. The van der Waals surface area contributed by atoms with Gasteiger partial charge in [0.2, 0.25) is 5.91 Å². The van der Waals surface area contributed by atoms with Gasteiger partial charge in [-0.1, -0.05) is 18.2 Å². The number of hydrogen-bond acceptors (Lipinski definition) is 3. The molecule has 0 unspecified atom stereocenters. The lowest BCUT2D eigenvalue weighted by Crippen LogP contribution is -2.28. The molecule has 1 aromatic carbocycles. The number of benzene rings is 1. The van der Waals surface area contributed by atoms with E-state index in [1.54, 1.807) is 13.2 Å². The molecular weight excluding hydrogens is 194 g/mol. The number of methoxy groups -OCH3 is 1. The third-order valence-corrected chi connectivity index (χ3v) is 2.07. The highest BCUT2D eigenvalue weighted by Crippen LogP contribution is 2.24. The molecule has 0 radical (unpaired) electrons. The monoisotopic (exact) mass is 209 g/mol. The summed E-state index contributed by atoms with van der Waals surface area (Å²) in [6.07, 6.45) is 0. The average molecular weight is 209 g/mol. The Kier molecular flexibility index (Phi) is 4.12. The minimum absolute atomic E-state index is 0.153. The van der Waals surface area contributed by atoms with E-state index in [2.05, 4.69) is 5.32 Å². The van der Waals surface area contributed by atoms with Crippen LogP contribution in [0, 0.1) is 0 Å². The third kappa shape index (κ3) is 2.95. The molecule has 0 saturated carbocycles. The van der Waals surface area contributed by atoms with Crippen LogP contribution in [0.4, 0.5) is 0 Å². The fourth-order valence-electron chi connectivity index (χ4n) is 1.42. The van der Waals surface area contributed by atoms with Crippen molar-refractivity contribution in [1.29, 1.82) is 0 Å². The van der Waals surface area contributed by atoms with Crippen LogP contribution in [0.5, 0.6) is 5.75 Å². The van der Waals surface area contributed by atoms with E-state index in [9.17, 15) is 9.90 Å². The van der Waals surface area contributed by atoms with Crippen molar-refractivity contribution < 1.29 is 14.6 Å². The summed E-state index contributed by atoms with van der Waals surface area (Å²) in [6, 6.07) is 6.86. The van der Waals surface area contributed by atoms with E-state index in [0.29, 0.717) is 5.75 Å². The number of rotatable bonds is 4. The first-order chi connectivity index (χ1) is 7.19. The number of aliphatic hydroxyl groups excluding tert-OH is 1. The molecule has 4 heteroatoms. The molecular formula is C11H15NO3. The SMILES string of the molecule is COc1ccccc1[C@H](CO)NC(C)=O. The van der Waals surface area contributed by atoms with Gasteiger partial charge in [0.25, 0.3) is 0 Å². The molecule has 15 heavy (non-hydrogen) atoms. The van der Waals surface area contributed by atoms with E-state index in [1.165, 1.54) is 6.92 Å². The molecule has 0 aliphatic carbocycles. The zero-order valence-corrected chi connectivity index (χ0v) is 8.86. The number of ether oxygens (including phenoxy) is 1. The molecule has 1 amide bonds. The zero-order valence-electron chi connectivity index (χ0n) is 8.86. The van der Waals surface area contributed by atoms with Gasteiger partial charge >= 0.3 is 0 Å². The van der Waals surface area contributed by atoms with Crippen molar-refractivity contribution in [2.45, 2.75) is 13.0 Å². The van der Waals surface area contributed by atoms with Gasteiger partial charge in [-0.2, -0.15) is 0 Å². The van der Waals surface area contributed by atoms with Gasteiger partial charge in [0.15, 0.2) is 0 Å². The number of para-hydroxylation sites is 1. The van der Waals surface area contributed by atoms with Gasteiger partial charge < -0.3 is 15.2 Å². The molecule has 0 saturated heterocycles. The molecule has 1 aromatic rings. The summed E-state index contributed by atoms with van der Waals surface area (Å²) >= 11 is 0. The molecule has 4 nitrogen and oxygen atoms in total. The fraction of sp³-hybridized carbons (Fsp3) is 0.364. The topological polar surface area (TPSA) is 58.6 Å². The van der Waals surface area contributed by atoms with E-state index >= 15 is 0 Å². The molecule has 1 atom stereocenters. The Hall–Kier alpha value is -1.55. The summed E-state index contributed by atoms with van der Waals surface area (Å²) in [6.45, 7) is 1.26. The van der Waals surface area contributed by atoms with Crippen LogP contribution >= 0.6 is 0 Å². The highest BCUT2D eigenvalue weighted by atomic mass is 16.5. The van der Waals surface area contributed by atoms with Crippen molar-refractivity contribution in [3.63, 3.8) is 0 Å². The van der Waals surface area contributed by atoms with Crippen molar-refractivity contribution in [1.82, 2.24) is 5.32 Å². The molecule has 0 bridgehead atoms. The Morgan fingerprint density at radius 3 is 2.73 bits per heavy atom. The van der Waals surface area contributed by atoms with E-state index < -0.39 is 6.04 Å². The molecule has 1 rings (SSSR count). The molecule has 2 N–H and O–H groups in total. The van der Waals surface area contributed by atoms with Gasteiger partial charge in [0.1, 0.15) is 5.75 Å². The van der Waals surface area contributed by atoms with Crippen LogP contribution in [0.1, 0.15) is 18.5 Å². The van der Waals surface area contributed by atoms with Gasteiger partial charge in [-0.15, -0.1) is 0 Å². The smallest absolute Gasteiger partial charge is 0.217 e. The summed E-state index contributed by atoms with van der Waals surface area (Å²) in [7, 11) is 1.56. The van der Waals surface area contributed by atoms with Crippen LogP contribution < -0.4 is 10.1 Å². The molecule has 0 fully saturated rings. The standard InChI is InChI=1S/C11H15NO3/c1-8(14)12-10(7-13)9-5-3-4-6-11(9)15-2/h3-6,10,13H,7H2,1-2H3,(H,12,14)/t10-/m0/s1. The highest BCUT2D eigenvalue weighted by molar-refractivity contribution is 5.73. The number of nitrogens with one attached hydrogen (secondary N) is 1. The van der Waals surface area contributed by atoms with Gasteiger partial charge in [-0.05, 0) is 6.07 Å². The van der Waals surface area contributed by atoms with Crippen LogP contribution in [-0.4, -0.2) is 24.7 Å². The lowest BCUT2D eigenvalue weighted by atomic mass is 10.1. The largest absolute Gasteiger partial charge is 0.496 e. The minimum Gasteiger partial charge on any atom is -0.496 e. The average Bonchev–Trinajstić information content (AvgIpc) is 2.25. The Labute approximate surface area is 88.9 Å². The predicted molar refractivity (Wildman–Crippen MR) is 56.6 cm³/mol. The lowest BCUT2D eigenvalue weighted by Gasteiger charge is -2.18. The van der Waals surface area contributed by atoms with Crippen molar-refractivity contribution in [2.24, 2.45) is 0 Å². The second-order valence-corrected chi connectivity index (χ2v) is 3.18. The molecule has 0 spiro atoms. The van der Waals surface area contributed by atoms with Gasteiger partial charge in [0.05, 0.1) is 19.8 Å². The van der Waals surface area contributed by atoms with Crippen LogP contribution in [-0.2, 0) is 4.79 Å². The maximum Gasteiger partial charge on any atom is 0.217 e. The predicted octanol–water partition coefficient (Wildman–Crippen LogP) is 0.865. The van der Waals surface area contributed by atoms with Gasteiger partial charge in [0, 0.05) is 12.5 Å². The number of aliphatic hydroxyl groups is 1.